The van der Waals surface area contributed by atoms with Crippen molar-refractivity contribution in [3.63, 3.8) is 0 Å². The lowest BCUT2D eigenvalue weighted by Crippen LogP contribution is -2.59. The summed E-state index contributed by atoms with van der Waals surface area (Å²) in [5, 5.41) is 23.1. The average molecular weight is 586 g/mol. The van der Waals surface area contributed by atoms with Crippen molar-refractivity contribution in [1.82, 2.24) is 31.6 Å². The summed E-state index contributed by atoms with van der Waals surface area (Å²) in [6, 6.07) is 2.09. The largest absolute Gasteiger partial charge is 0.394 e. The van der Waals surface area contributed by atoms with Crippen molar-refractivity contribution >= 4 is 46.3 Å². The first-order valence-corrected chi connectivity index (χ1v) is 13.9. The summed E-state index contributed by atoms with van der Waals surface area (Å²) in [4.78, 5) is 78.0. The van der Waals surface area contributed by atoms with Gasteiger partial charge in [-0.15, -0.1) is 0 Å². The summed E-state index contributed by atoms with van der Waals surface area (Å²) < 4.78 is 0. The third-order valence-corrected chi connectivity index (χ3v) is 6.98. The second kappa shape index (κ2) is 14.4. The van der Waals surface area contributed by atoms with Crippen molar-refractivity contribution in [3.8, 4) is 0 Å². The van der Waals surface area contributed by atoms with Gasteiger partial charge in [0.1, 0.15) is 30.2 Å². The van der Waals surface area contributed by atoms with Crippen molar-refractivity contribution in [2.75, 3.05) is 6.61 Å². The molecule has 0 radical (unpaired) electrons. The van der Waals surface area contributed by atoms with Crippen LogP contribution in [0.1, 0.15) is 45.6 Å². The molecule has 1 aliphatic rings. The maximum atomic E-state index is 13.1. The molecule has 2 aromatic rings. The molecule has 0 aliphatic carbocycles. The summed E-state index contributed by atoms with van der Waals surface area (Å²) in [5.74, 6) is -3.82. The lowest BCUT2D eigenvalue weighted by atomic mass is 10.0. The standard InChI is InChI=1S/C28H39N7O7/c1-14(2)10-21(34-28(42)22(13-36)35-26(40)19-8-9-23(37)32-19)27(41)31-15(3)25(39)33-20(24(29)38)11-16-12-30-18-7-5-4-6-17(16)18/h4-7,12,14-15,19-22,30,36H,8-11,13H2,1-3H3,(H2,29,38)(H,31,41)(H,32,37)(H,33,39)(H,34,42)(H,35,40)/t15-,19-,20-,21-,22-/m0/s1. The first-order valence-electron chi connectivity index (χ1n) is 13.9. The average Bonchev–Trinajstić information content (AvgIpc) is 3.56. The Morgan fingerprint density at radius 1 is 0.952 bits per heavy atom. The normalized spacial score (nSPS) is 17.5. The smallest absolute Gasteiger partial charge is 0.245 e. The number of aliphatic hydroxyl groups is 1. The molecule has 1 saturated heterocycles. The number of para-hydroxylation sites is 1. The van der Waals surface area contributed by atoms with Crippen LogP contribution in [0.3, 0.4) is 0 Å². The van der Waals surface area contributed by atoms with Crippen LogP contribution in [0.4, 0.5) is 0 Å². The number of carbonyl (C=O) groups excluding carboxylic acids is 6. The molecule has 6 amide bonds. The van der Waals surface area contributed by atoms with E-state index in [4.69, 9.17) is 5.73 Å². The Hall–Kier alpha value is -4.46. The third kappa shape index (κ3) is 8.52. The van der Waals surface area contributed by atoms with E-state index in [1.54, 1.807) is 6.20 Å². The number of rotatable bonds is 14. The maximum Gasteiger partial charge on any atom is 0.245 e. The van der Waals surface area contributed by atoms with Crippen molar-refractivity contribution in [2.45, 2.75) is 76.7 Å². The molecule has 14 nitrogen and oxygen atoms in total. The molecule has 2 heterocycles. The highest BCUT2D eigenvalue weighted by Crippen LogP contribution is 2.19. The Kier molecular flexibility index (Phi) is 11.0. The van der Waals surface area contributed by atoms with Gasteiger partial charge in [0.25, 0.3) is 0 Å². The molecule has 14 heteroatoms. The van der Waals surface area contributed by atoms with Crippen LogP contribution in [0.2, 0.25) is 0 Å². The second-order valence-corrected chi connectivity index (χ2v) is 10.9. The Balaban J connectivity index is 1.60. The van der Waals surface area contributed by atoms with E-state index in [0.29, 0.717) is 0 Å². The van der Waals surface area contributed by atoms with Crippen LogP contribution >= 0.6 is 0 Å². The van der Waals surface area contributed by atoms with Crippen molar-refractivity contribution in [2.24, 2.45) is 11.7 Å². The number of H-pyrrole nitrogens is 1. The molecule has 1 aromatic carbocycles. The lowest BCUT2D eigenvalue weighted by Gasteiger charge is -2.25. The molecule has 0 bridgehead atoms. The summed E-state index contributed by atoms with van der Waals surface area (Å²) in [6.07, 6.45) is 2.52. The van der Waals surface area contributed by atoms with E-state index >= 15 is 0 Å². The molecular weight excluding hydrogens is 546 g/mol. The number of hydrogen-bond acceptors (Lipinski definition) is 7. The molecular formula is C28H39N7O7. The van der Waals surface area contributed by atoms with Gasteiger partial charge in [-0.25, -0.2) is 0 Å². The fourth-order valence-electron chi connectivity index (χ4n) is 4.67. The van der Waals surface area contributed by atoms with E-state index < -0.39 is 66.4 Å². The summed E-state index contributed by atoms with van der Waals surface area (Å²) in [6.45, 7) is 4.35. The van der Waals surface area contributed by atoms with E-state index in [1.165, 1.54) is 6.92 Å². The molecule has 3 rings (SSSR count). The number of primary amides is 1. The van der Waals surface area contributed by atoms with E-state index in [2.05, 4.69) is 31.6 Å². The zero-order valence-electron chi connectivity index (χ0n) is 23.9. The van der Waals surface area contributed by atoms with Gasteiger partial charge in [0.05, 0.1) is 6.61 Å². The molecule has 0 unspecified atom stereocenters. The van der Waals surface area contributed by atoms with E-state index in [0.717, 1.165) is 16.5 Å². The number of aliphatic hydroxyl groups excluding tert-OH is 1. The number of aromatic nitrogens is 1. The van der Waals surface area contributed by atoms with Crippen LogP contribution in [0, 0.1) is 5.92 Å². The number of amides is 6. The van der Waals surface area contributed by atoms with E-state index in [9.17, 15) is 33.9 Å². The van der Waals surface area contributed by atoms with Crippen LogP contribution in [0.15, 0.2) is 30.5 Å². The Morgan fingerprint density at radius 3 is 2.24 bits per heavy atom. The number of hydrogen-bond donors (Lipinski definition) is 8. The van der Waals surface area contributed by atoms with Crippen LogP contribution in [-0.2, 0) is 35.2 Å². The van der Waals surface area contributed by atoms with Gasteiger partial charge in [-0.05, 0) is 37.3 Å². The molecule has 9 N–H and O–H groups in total. The first kappa shape index (κ1) is 32.1. The van der Waals surface area contributed by atoms with Gasteiger partial charge in [-0.3, -0.25) is 28.8 Å². The molecule has 42 heavy (non-hydrogen) atoms. The maximum absolute atomic E-state index is 13.1. The zero-order chi connectivity index (χ0) is 31.0. The first-order chi connectivity index (χ1) is 19.9. The monoisotopic (exact) mass is 585 g/mol. The molecule has 0 saturated carbocycles. The highest BCUT2D eigenvalue weighted by Gasteiger charge is 2.33. The fourth-order valence-corrected chi connectivity index (χ4v) is 4.67. The minimum Gasteiger partial charge on any atom is -0.394 e. The number of aromatic amines is 1. The van der Waals surface area contributed by atoms with Gasteiger partial charge < -0.3 is 42.4 Å². The van der Waals surface area contributed by atoms with Crippen molar-refractivity contribution < 1.29 is 33.9 Å². The van der Waals surface area contributed by atoms with E-state index in [-0.39, 0.29) is 37.5 Å². The number of nitrogens with two attached hydrogens (primary N) is 1. The zero-order valence-corrected chi connectivity index (χ0v) is 23.9. The minimum atomic E-state index is -1.36. The lowest BCUT2D eigenvalue weighted by molar-refractivity contribution is -0.135. The summed E-state index contributed by atoms with van der Waals surface area (Å²) in [5.41, 5.74) is 7.21. The van der Waals surface area contributed by atoms with Crippen LogP contribution in [0.5, 0.6) is 0 Å². The van der Waals surface area contributed by atoms with Gasteiger partial charge in [0, 0.05) is 29.9 Å². The predicted octanol–water partition coefficient (Wildman–Crippen LogP) is -1.53. The second-order valence-electron chi connectivity index (χ2n) is 10.9. The predicted molar refractivity (Wildman–Crippen MR) is 152 cm³/mol. The third-order valence-electron chi connectivity index (χ3n) is 6.98. The van der Waals surface area contributed by atoms with Crippen molar-refractivity contribution in [3.05, 3.63) is 36.0 Å². The van der Waals surface area contributed by atoms with Gasteiger partial charge in [-0.2, -0.15) is 0 Å². The Bertz CT molecular complexity index is 1320. The van der Waals surface area contributed by atoms with Gasteiger partial charge in [0.2, 0.25) is 35.4 Å². The molecule has 0 spiro atoms. The highest BCUT2D eigenvalue weighted by molar-refractivity contribution is 5.97. The molecule has 5 atom stereocenters. The fraction of sp³-hybridized carbons (Fsp3) is 0.500. The van der Waals surface area contributed by atoms with Gasteiger partial charge in [-0.1, -0.05) is 32.0 Å². The number of fused-ring (bicyclic) bond motifs is 1. The SMILES string of the molecule is CC(C)C[C@H](NC(=O)[C@H](CO)NC(=O)[C@@H]1CCC(=O)N1)C(=O)N[C@@H](C)C(=O)N[C@@H](Cc1c[nH]c2ccccc12)C(N)=O. The number of benzene rings is 1. The number of carbonyl (C=O) groups is 6. The summed E-state index contributed by atoms with van der Waals surface area (Å²) >= 11 is 0. The topological polar surface area (TPSA) is 225 Å². The highest BCUT2D eigenvalue weighted by atomic mass is 16.3. The molecule has 1 fully saturated rings. The minimum absolute atomic E-state index is 0.0449. The molecule has 1 aliphatic heterocycles. The summed E-state index contributed by atoms with van der Waals surface area (Å²) in [7, 11) is 0. The van der Waals surface area contributed by atoms with Crippen LogP contribution < -0.4 is 32.3 Å². The van der Waals surface area contributed by atoms with Crippen LogP contribution in [0.25, 0.3) is 10.9 Å². The molecule has 228 valence electrons. The van der Waals surface area contributed by atoms with Gasteiger partial charge in [0.15, 0.2) is 0 Å². The molecule has 1 aromatic heterocycles. The van der Waals surface area contributed by atoms with Crippen molar-refractivity contribution in [1.29, 1.82) is 0 Å². The van der Waals surface area contributed by atoms with Crippen LogP contribution in [-0.4, -0.2) is 82.3 Å². The van der Waals surface area contributed by atoms with Gasteiger partial charge >= 0.3 is 0 Å². The van der Waals surface area contributed by atoms with E-state index in [1.807, 2.05) is 38.1 Å². The Labute approximate surface area is 242 Å². The quantitative estimate of drug-likeness (QED) is 0.130. The Morgan fingerprint density at radius 2 is 1.62 bits per heavy atom. The number of nitrogens with one attached hydrogen (secondary N) is 6.